The van der Waals surface area contributed by atoms with Crippen LogP contribution in [0.3, 0.4) is 0 Å². The van der Waals surface area contributed by atoms with Gasteiger partial charge in [-0.2, -0.15) is 0 Å². The van der Waals surface area contributed by atoms with Gasteiger partial charge in [-0.1, -0.05) is 0 Å². The number of ether oxygens (including phenoxy) is 1. The Kier molecular flexibility index (Phi) is 6.11. The third-order valence-corrected chi connectivity index (χ3v) is 4.57. The van der Waals surface area contributed by atoms with Crippen LogP contribution in [0.5, 0.6) is 0 Å². The van der Waals surface area contributed by atoms with Crippen LogP contribution in [0.15, 0.2) is 18.6 Å². The van der Waals surface area contributed by atoms with E-state index in [1.165, 1.54) is 31.7 Å². The van der Waals surface area contributed by atoms with Gasteiger partial charge in [0.15, 0.2) is 0 Å². The molecule has 122 valence electrons. The van der Waals surface area contributed by atoms with Crippen LogP contribution in [0.2, 0.25) is 0 Å². The lowest BCUT2D eigenvalue weighted by molar-refractivity contribution is -0.0721. The number of halogens is 1. The Labute approximate surface area is 136 Å². The highest BCUT2D eigenvalue weighted by molar-refractivity contribution is 5.91. The van der Waals surface area contributed by atoms with E-state index in [4.69, 9.17) is 4.74 Å². The molecule has 0 aliphatic carbocycles. The number of piperidine rings is 1. The van der Waals surface area contributed by atoms with Crippen molar-refractivity contribution in [1.29, 1.82) is 0 Å². The molecule has 0 saturated carbocycles. The zero-order valence-electron chi connectivity index (χ0n) is 12.6. The molecular weight excluding hydrogens is 304 g/mol. The molecule has 0 radical (unpaired) electrons. The average Bonchev–Trinajstić information content (AvgIpc) is 2.56. The van der Waals surface area contributed by atoms with Gasteiger partial charge in [0.2, 0.25) is 0 Å². The van der Waals surface area contributed by atoms with Crippen molar-refractivity contribution in [3.8, 4) is 0 Å². The summed E-state index contributed by atoms with van der Waals surface area (Å²) in [4.78, 5) is 19.8. The molecule has 2 fully saturated rings. The number of hydrogen-bond acceptors (Lipinski definition) is 5. The van der Waals surface area contributed by atoms with Crippen molar-refractivity contribution in [2.24, 2.45) is 5.41 Å². The van der Waals surface area contributed by atoms with Gasteiger partial charge in [0.25, 0.3) is 5.91 Å². The first kappa shape index (κ1) is 17.1. The molecule has 2 aliphatic rings. The van der Waals surface area contributed by atoms with Gasteiger partial charge in [0, 0.05) is 18.9 Å². The van der Waals surface area contributed by atoms with E-state index in [0.717, 1.165) is 26.1 Å². The number of aromatic nitrogens is 2. The van der Waals surface area contributed by atoms with E-state index >= 15 is 0 Å². The maximum Gasteiger partial charge on any atom is 0.271 e. The van der Waals surface area contributed by atoms with E-state index in [-0.39, 0.29) is 24.4 Å². The van der Waals surface area contributed by atoms with Gasteiger partial charge in [-0.15, -0.1) is 12.4 Å². The molecule has 1 amide bonds. The first-order chi connectivity index (χ1) is 10.3. The predicted molar refractivity (Wildman–Crippen MR) is 85.1 cm³/mol. The van der Waals surface area contributed by atoms with Gasteiger partial charge in [-0.3, -0.25) is 9.78 Å². The number of nitrogens with one attached hydrogen (secondary N) is 2. The van der Waals surface area contributed by atoms with Gasteiger partial charge >= 0.3 is 0 Å². The van der Waals surface area contributed by atoms with Gasteiger partial charge < -0.3 is 15.4 Å². The van der Waals surface area contributed by atoms with Crippen molar-refractivity contribution in [2.75, 3.05) is 26.2 Å². The molecule has 7 heteroatoms. The summed E-state index contributed by atoms with van der Waals surface area (Å²) in [7, 11) is 0. The maximum atomic E-state index is 11.9. The molecule has 6 nitrogen and oxygen atoms in total. The van der Waals surface area contributed by atoms with Crippen molar-refractivity contribution < 1.29 is 9.53 Å². The largest absolute Gasteiger partial charge is 0.376 e. The molecule has 22 heavy (non-hydrogen) atoms. The van der Waals surface area contributed by atoms with E-state index in [1.54, 1.807) is 6.20 Å². The molecule has 1 aromatic heterocycles. The quantitative estimate of drug-likeness (QED) is 0.872. The molecule has 0 bridgehead atoms. The second kappa shape index (κ2) is 7.85. The minimum atomic E-state index is -0.186. The smallest absolute Gasteiger partial charge is 0.271 e. The Hall–Kier alpha value is -1.24. The number of hydrogen-bond donors (Lipinski definition) is 2. The number of carbonyl (C=O) groups excluding carboxylic acids is 1. The standard InChI is InChI=1S/C15H22N4O2.ClH/c20-14(13-10-17-7-8-18-13)19-9-12-1-2-15(11-21-12)3-5-16-6-4-15;/h7-8,10,12,16H,1-6,9,11H2,(H,19,20);1H. The minimum absolute atomic E-state index is 0. The van der Waals surface area contributed by atoms with Crippen LogP contribution < -0.4 is 10.6 Å². The monoisotopic (exact) mass is 326 g/mol. The Bertz CT molecular complexity index is 470. The Morgan fingerprint density at radius 2 is 2.18 bits per heavy atom. The van der Waals surface area contributed by atoms with E-state index in [2.05, 4.69) is 20.6 Å². The zero-order valence-corrected chi connectivity index (χ0v) is 13.4. The van der Waals surface area contributed by atoms with Crippen molar-refractivity contribution in [1.82, 2.24) is 20.6 Å². The first-order valence-electron chi connectivity index (χ1n) is 7.64. The highest BCUT2D eigenvalue weighted by atomic mass is 35.5. The summed E-state index contributed by atoms with van der Waals surface area (Å²) in [5.74, 6) is -0.186. The summed E-state index contributed by atoms with van der Waals surface area (Å²) in [6.45, 7) is 3.55. The first-order valence-corrected chi connectivity index (χ1v) is 7.64. The Morgan fingerprint density at radius 3 is 2.82 bits per heavy atom. The Morgan fingerprint density at radius 1 is 1.36 bits per heavy atom. The lowest BCUT2D eigenvalue weighted by Crippen LogP contribution is -2.46. The van der Waals surface area contributed by atoms with Gasteiger partial charge in [-0.05, 0) is 44.2 Å². The minimum Gasteiger partial charge on any atom is -0.376 e. The molecule has 3 heterocycles. The van der Waals surface area contributed by atoms with Crippen LogP contribution in [0.1, 0.15) is 36.2 Å². The van der Waals surface area contributed by atoms with Crippen LogP contribution >= 0.6 is 12.4 Å². The average molecular weight is 327 g/mol. The van der Waals surface area contributed by atoms with E-state index in [0.29, 0.717) is 17.7 Å². The lowest BCUT2D eigenvalue weighted by Gasteiger charge is -2.43. The summed E-state index contributed by atoms with van der Waals surface area (Å²) < 4.78 is 5.98. The number of rotatable bonds is 3. The van der Waals surface area contributed by atoms with E-state index in [9.17, 15) is 4.79 Å². The van der Waals surface area contributed by atoms with E-state index in [1.807, 2.05) is 0 Å². The van der Waals surface area contributed by atoms with Gasteiger partial charge in [-0.25, -0.2) is 4.98 Å². The van der Waals surface area contributed by atoms with Crippen molar-refractivity contribution in [3.05, 3.63) is 24.3 Å². The fourth-order valence-corrected chi connectivity index (χ4v) is 3.14. The molecule has 0 aromatic carbocycles. The fourth-order valence-electron chi connectivity index (χ4n) is 3.14. The molecule has 2 saturated heterocycles. The van der Waals surface area contributed by atoms with Gasteiger partial charge in [0.05, 0.1) is 18.9 Å². The van der Waals surface area contributed by atoms with E-state index < -0.39 is 0 Å². The predicted octanol–water partition coefficient (Wildman–Crippen LogP) is 1.18. The molecule has 1 spiro atoms. The second-order valence-electron chi connectivity index (χ2n) is 6.02. The van der Waals surface area contributed by atoms with Crippen molar-refractivity contribution in [2.45, 2.75) is 31.8 Å². The van der Waals surface area contributed by atoms with Crippen LogP contribution in [-0.4, -0.2) is 48.2 Å². The van der Waals surface area contributed by atoms with Crippen LogP contribution in [0.4, 0.5) is 0 Å². The SMILES string of the molecule is Cl.O=C(NCC1CCC2(CCNCC2)CO1)c1cnccn1. The highest BCUT2D eigenvalue weighted by Gasteiger charge is 2.36. The third kappa shape index (κ3) is 4.15. The molecule has 2 N–H and O–H groups in total. The lowest BCUT2D eigenvalue weighted by atomic mass is 9.74. The molecule has 1 unspecified atom stereocenters. The number of amides is 1. The summed E-state index contributed by atoms with van der Waals surface area (Å²) in [5.41, 5.74) is 0.722. The van der Waals surface area contributed by atoms with Crippen LogP contribution in [0.25, 0.3) is 0 Å². The van der Waals surface area contributed by atoms with Gasteiger partial charge in [0.1, 0.15) is 5.69 Å². The maximum absolute atomic E-state index is 11.9. The number of nitrogens with zero attached hydrogens (tertiary/aromatic N) is 2. The van der Waals surface area contributed by atoms with Crippen molar-refractivity contribution >= 4 is 18.3 Å². The van der Waals surface area contributed by atoms with Crippen LogP contribution in [0, 0.1) is 5.41 Å². The van der Waals surface area contributed by atoms with Crippen LogP contribution in [-0.2, 0) is 4.74 Å². The molecule has 2 aliphatic heterocycles. The topological polar surface area (TPSA) is 76.1 Å². The third-order valence-electron chi connectivity index (χ3n) is 4.57. The number of carbonyl (C=O) groups is 1. The molecular formula is C15H23ClN4O2. The summed E-state index contributed by atoms with van der Waals surface area (Å²) >= 11 is 0. The highest BCUT2D eigenvalue weighted by Crippen LogP contribution is 2.38. The zero-order chi connectivity index (χ0) is 14.5. The molecule has 3 rings (SSSR count). The molecule has 1 atom stereocenters. The van der Waals surface area contributed by atoms with Crippen molar-refractivity contribution in [3.63, 3.8) is 0 Å². The second-order valence-corrected chi connectivity index (χ2v) is 6.02. The molecule has 1 aromatic rings. The summed E-state index contributed by atoms with van der Waals surface area (Å²) in [6.07, 6.45) is 9.28. The normalized spacial score (nSPS) is 23.5. The summed E-state index contributed by atoms with van der Waals surface area (Å²) in [5, 5.41) is 6.28. The Balaban J connectivity index is 0.00000176. The summed E-state index contributed by atoms with van der Waals surface area (Å²) in [6, 6.07) is 0. The fraction of sp³-hybridized carbons (Fsp3) is 0.667.